The summed E-state index contributed by atoms with van der Waals surface area (Å²) < 4.78 is 3.41. The molecule has 2 heterocycles. The molecule has 114 valence electrons. The monoisotopic (exact) mass is 418 g/mol. The van der Waals surface area contributed by atoms with Crippen molar-refractivity contribution in [3.63, 3.8) is 0 Å². The largest absolute Gasteiger partial charge is 0.337 e. The molecule has 1 aromatic carbocycles. The molecule has 0 radical (unpaired) electrons. The van der Waals surface area contributed by atoms with Gasteiger partial charge in [0, 0.05) is 49.2 Å². The Kier molecular flexibility index (Phi) is 6.04. The number of aryl methyl sites for hydroxylation is 1. The fraction of sp³-hybridized carbons (Fsp3) is 0.400. The number of aromatic nitrogens is 2. The van der Waals surface area contributed by atoms with Crippen molar-refractivity contribution in [2.75, 3.05) is 19.6 Å². The Morgan fingerprint density at radius 2 is 2.10 bits per heavy atom. The maximum absolute atomic E-state index is 4.53. The van der Waals surface area contributed by atoms with E-state index < -0.39 is 0 Å². The van der Waals surface area contributed by atoms with Crippen LogP contribution in [0.3, 0.4) is 0 Å². The lowest BCUT2D eigenvalue weighted by molar-refractivity contribution is 0.145. The number of hydrogen-bond acceptors (Lipinski definition) is 3. The molecule has 1 aliphatic rings. The molecule has 1 N–H and O–H groups in total. The lowest BCUT2D eigenvalue weighted by Gasteiger charge is -2.35. The summed E-state index contributed by atoms with van der Waals surface area (Å²) in [5.74, 6) is 1.14. The van der Waals surface area contributed by atoms with Crippen LogP contribution in [0.1, 0.15) is 17.4 Å². The summed E-state index contributed by atoms with van der Waals surface area (Å²) in [6, 6.07) is 9.14. The molecular formula is C15H20ClIN4. The van der Waals surface area contributed by atoms with Crippen LogP contribution in [-0.4, -0.2) is 34.1 Å². The summed E-state index contributed by atoms with van der Waals surface area (Å²) in [7, 11) is 2.07. The molecular weight excluding hydrogens is 399 g/mol. The van der Waals surface area contributed by atoms with Crippen molar-refractivity contribution in [1.82, 2.24) is 19.8 Å². The molecule has 1 saturated heterocycles. The standard InChI is InChI=1S/C15H19IN4.ClH/c1-19-8-7-18-15(19)14-10-17-6-9-20(14)11-12-2-4-13(16)5-3-12;/h2-5,7-8,14,17H,6,9-11H2,1H3;1H. The molecule has 2 aromatic rings. The predicted octanol–water partition coefficient (Wildman–Crippen LogP) is 2.59. The van der Waals surface area contributed by atoms with Crippen LogP contribution < -0.4 is 5.32 Å². The summed E-state index contributed by atoms with van der Waals surface area (Å²) >= 11 is 2.35. The van der Waals surface area contributed by atoms with Crippen LogP contribution in [0.4, 0.5) is 0 Å². The van der Waals surface area contributed by atoms with Gasteiger partial charge in [-0.3, -0.25) is 4.90 Å². The summed E-state index contributed by atoms with van der Waals surface area (Å²) in [5.41, 5.74) is 1.37. The first-order valence-corrected chi connectivity index (χ1v) is 7.98. The first-order valence-electron chi connectivity index (χ1n) is 6.90. The van der Waals surface area contributed by atoms with Crippen molar-refractivity contribution in [2.24, 2.45) is 7.05 Å². The molecule has 21 heavy (non-hydrogen) atoms. The summed E-state index contributed by atoms with van der Waals surface area (Å²) in [6.07, 6.45) is 3.90. The van der Waals surface area contributed by atoms with Crippen molar-refractivity contribution in [3.8, 4) is 0 Å². The van der Waals surface area contributed by atoms with E-state index in [4.69, 9.17) is 0 Å². The van der Waals surface area contributed by atoms with E-state index in [0.29, 0.717) is 6.04 Å². The molecule has 1 atom stereocenters. The normalized spacial score (nSPS) is 19.2. The van der Waals surface area contributed by atoms with Crippen molar-refractivity contribution in [1.29, 1.82) is 0 Å². The smallest absolute Gasteiger partial charge is 0.127 e. The molecule has 1 aromatic heterocycles. The quantitative estimate of drug-likeness (QED) is 0.778. The van der Waals surface area contributed by atoms with Crippen molar-refractivity contribution in [3.05, 3.63) is 51.6 Å². The van der Waals surface area contributed by atoms with E-state index in [2.05, 4.69) is 73.7 Å². The highest BCUT2D eigenvalue weighted by molar-refractivity contribution is 14.1. The van der Waals surface area contributed by atoms with Gasteiger partial charge in [0.05, 0.1) is 6.04 Å². The zero-order chi connectivity index (χ0) is 13.9. The Morgan fingerprint density at radius 3 is 2.76 bits per heavy atom. The van der Waals surface area contributed by atoms with E-state index in [1.165, 1.54) is 9.13 Å². The minimum atomic E-state index is 0. The second-order valence-electron chi connectivity index (χ2n) is 5.21. The highest BCUT2D eigenvalue weighted by Crippen LogP contribution is 2.22. The number of nitrogens with zero attached hydrogens (tertiary/aromatic N) is 3. The molecule has 4 nitrogen and oxygen atoms in total. The minimum Gasteiger partial charge on any atom is -0.337 e. The number of hydrogen-bond donors (Lipinski definition) is 1. The lowest BCUT2D eigenvalue weighted by Crippen LogP contribution is -2.46. The summed E-state index contributed by atoms with van der Waals surface area (Å²) in [6.45, 7) is 4.06. The average Bonchev–Trinajstić information content (AvgIpc) is 2.88. The van der Waals surface area contributed by atoms with Crippen molar-refractivity contribution < 1.29 is 0 Å². The Bertz CT molecular complexity index is 569. The van der Waals surface area contributed by atoms with Gasteiger partial charge < -0.3 is 9.88 Å². The summed E-state index contributed by atoms with van der Waals surface area (Å²) in [4.78, 5) is 7.04. The van der Waals surface area contributed by atoms with E-state index in [9.17, 15) is 0 Å². The first kappa shape index (κ1) is 16.7. The Balaban J connectivity index is 0.00000161. The molecule has 1 aliphatic heterocycles. The summed E-state index contributed by atoms with van der Waals surface area (Å²) in [5, 5.41) is 3.48. The van der Waals surface area contributed by atoms with E-state index in [1.807, 2.05) is 12.4 Å². The topological polar surface area (TPSA) is 33.1 Å². The molecule has 3 rings (SSSR count). The second kappa shape index (κ2) is 7.58. The van der Waals surface area contributed by atoms with Gasteiger partial charge in [-0.15, -0.1) is 12.4 Å². The van der Waals surface area contributed by atoms with Gasteiger partial charge in [-0.05, 0) is 40.3 Å². The van der Waals surface area contributed by atoms with Gasteiger partial charge in [0.1, 0.15) is 5.82 Å². The van der Waals surface area contributed by atoms with E-state index in [1.54, 1.807) is 0 Å². The molecule has 6 heteroatoms. The lowest BCUT2D eigenvalue weighted by atomic mass is 10.1. The van der Waals surface area contributed by atoms with E-state index in [-0.39, 0.29) is 12.4 Å². The maximum Gasteiger partial charge on any atom is 0.127 e. The molecule has 0 saturated carbocycles. The number of piperazine rings is 1. The van der Waals surface area contributed by atoms with E-state index in [0.717, 1.165) is 32.0 Å². The molecule has 0 amide bonds. The van der Waals surface area contributed by atoms with Gasteiger partial charge in [0.2, 0.25) is 0 Å². The van der Waals surface area contributed by atoms with Crippen LogP contribution in [0.5, 0.6) is 0 Å². The number of nitrogens with one attached hydrogen (secondary N) is 1. The third kappa shape index (κ3) is 3.97. The average molecular weight is 419 g/mol. The van der Waals surface area contributed by atoms with Gasteiger partial charge >= 0.3 is 0 Å². The molecule has 0 bridgehead atoms. The van der Waals surface area contributed by atoms with Gasteiger partial charge in [0.15, 0.2) is 0 Å². The number of halogens is 2. The van der Waals surface area contributed by atoms with E-state index >= 15 is 0 Å². The maximum atomic E-state index is 4.53. The van der Waals surface area contributed by atoms with Gasteiger partial charge in [-0.25, -0.2) is 4.98 Å². The SMILES string of the molecule is Cl.Cn1ccnc1C1CNCCN1Cc1ccc(I)cc1. The fourth-order valence-electron chi connectivity index (χ4n) is 2.71. The molecule has 0 aliphatic carbocycles. The third-order valence-electron chi connectivity index (χ3n) is 3.81. The molecule has 1 fully saturated rings. The van der Waals surface area contributed by atoms with Gasteiger partial charge in [-0.2, -0.15) is 0 Å². The number of benzene rings is 1. The highest BCUT2D eigenvalue weighted by Gasteiger charge is 2.26. The zero-order valence-corrected chi connectivity index (χ0v) is 15.0. The predicted molar refractivity (Wildman–Crippen MR) is 95.6 cm³/mol. The number of rotatable bonds is 3. The van der Waals surface area contributed by atoms with Crippen LogP contribution in [0.2, 0.25) is 0 Å². The number of imidazole rings is 1. The second-order valence-corrected chi connectivity index (χ2v) is 6.46. The fourth-order valence-corrected chi connectivity index (χ4v) is 3.07. The Morgan fingerprint density at radius 1 is 1.33 bits per heavy atom. The first-order chi connectivity index (χ1) is 9.74. The van der Waals surface area contributed by atoms with Crippen LogP contribution in [0.15, 0.2) is 36.7 Å². The zero-order valence-electron chi connectivity index (χ0n) is 12.0. The van der Waals surface area contributed by atoms with Crippen LogP contribution in [0.25, 0.3) is 0 Å². The van der Waals surface area contributed by atoms with Gasteiger partial charge in [0.25, 0.3) is 0 Å². The minimum absolute atomic E-state index is 0. The van der Waals surface area contributed by atoms with Crippen LogP contribution in [-0.2, 0) is 13.6 Å². The van der Waals surface area contributed by atoms with Crippen molar-refractivity contribution >= 4 is 35.0 Å². The third-order valence-corrected chi connectivity index (χ3v) is 4.53. The van der Waals surface area contributed by atoms with Crippen LogP contribution in [0, 0.1) is 3.57 Å². The van der Waals surface area contributed by atoms with Crippen LogP contribution >= 0.6 is 35.0 Å². The van der Waals surface area contributed by atoms with Gasteiger partial charge in [-0.1, -0.05) is 12.1 Å². The molecule has 0 spiro atoms. The molecule has 1 unspecified atom stereocenters. The van der Waals surface area contributed by atoms with Crippen molar-refractivity contribution in [2.45, 2.75) is 12.6 Å². The highest BCUT2D eigenvalue weighted by atomic mass is 127. The Hall–Kier alpha value is -0.630. The Labute approximate surface area is 145 Å².